The molecular weight excluding hydrogens is 146 g/mol. The highest BCUT2D eigenvalue weighted by molar-refractivity contribution is 5.74. The minimum atomic E-state index is -0.0547. The molecule has 0 spiro atoms. The summed E-state index contributed by atoms with van der Waals surface area (Å²) in [5.41, 5.74) is 0. The Morgan fingerprint density at radius 3 is 2.64 bits per heavy atom. The Hall–Kier alpha value is -0.610. The summed E-state index contributed by atoms with van der Waals surface area (Å²) in [4.78, 5) is 15.6. The zero-order chi connectivity index (χ0) is 8.69. The van der Waals surface area contributed by atoms with Crippen LogP contribution in [-0.2, 0) is 9.63 Å². The fourth-order valence-corrected chi connectivity index (χ4v) is 0.647. The smallest absolute Gasteiger partial charge is 0.245 e. The van der Waals surface area contributed by atoms with Crippen molar-refractivity contribution in [1.82, 2.24) is 5.06 Å². The molecule has 1 N–H and O–H groups in total. The van der Waals surface area contributed by atoms with E-state index < -0.39 is 0 Å². The largest absolute Gasteiger partial charge is 0.396 e. The van der Waals surface area contributed by atoms with Crippen molar-refractivity contribution >= 4 is 5.91 Å². The third-order valence-corrected chi connectivity index (χ3v) is 1.42. The molecule has 0 aliphatic heterocycles. The summed E-state index contributed by atoms with van der Waals surface area (Å²) >= 11 is 0. The molecule has 0 radical (unpaired) electrons. The standard InChI is InChI=1S/C7H15NO3/c1-8(11-2)7(10)5-3-4-6-9/h9H,3-6H2,1-2H3. The Kier molecular flexibility index (Phi) is 5.78. The molecule has 0 aromatic heterocycles. The summed E-state index contributed by atoms with van der Waals surface area (Å²) in [6.45, 7) is 0.143. The molecule has 0 aliphatic carbocycles. The second kappa shape index (κ2) is 6.12. The lowest BCUT2D eigenvalue weighted by molar-refractivity contribution is -0.168. The van der Waals surface area contributed by atoms with E-state index in [-0.39, 0.29) is 12.5 Å². The number of aliphatic hydroxyl groups excluding tert-OH is 1. The number of nitrogens with zero attached hydrogens (tertiary/aromatic N) is 1. The molecule has 0 saturated heterocycles. The van der Waals surface area contributed by atoms with Crippen molar-refractivity contribution in [1.29, 1.82) is 0 Å². The molecule has 0 unspecified atom stereocenters. The van der Waals surface area contributed by atoms with E-state index in [1.54, 1.807) is 7.05 Å². The normalized spacial score (nSPS) is 9.73. The van der Waals surface area contributed by atoms with E-state index in [4.69, 9.17) is 5.11 Å². The van der Waals surface area contributed by atoms with Crippen molar-refractivity contribution < 1.29 is 14.7 Å². The summed E-state index contributed by atoms with van der Waals surface area (Å²) in [7, 11) is 3.02. The number of aliphatic hydroxyl groups is 1. The minimum absolute atomic E-state index is 0.0547. The van der Waals surface area contributed by atoms with Gasteiger partial charge in [0.15, 0.2) is 0 Å². The number of unbranched alkanes of at least 4 members (excludes halogenated alkanes) is 1. The van der Waals surface area contributed by atoms with Gasteiger partial charge in [0.05, 0.1) is 7.11 Å². The van der Waals surface area contributed by atoms with Crippen molar-refractivity contribution in [3.8, 4) is 0 Å². The number of hydrogen-bond donors (Lipinski definition) is 1. The van der Waals surface area contributed by atoms with Gasteiger partial charge in [-0.1, -0.05) is 0 Å². The zero-order valence-corrected chi connectivity index (χ0v) is 7.04. The number of hydroxylamine groups is 2. The van der Waals surface area contributed by atoms with Crippen molar-refractivity contribution in [2.45, 2.75) is 19.3 Å². The van der Waals surface area contributed by atoms with Crippen LogP contribution in [0.1, 0.15) is 19.3 Å². The first-order valence-electron chi connectivity index (χ1n) is 3.64. The number of carbonyl (C=O) groups is 1. The van der Waals surface area contributed by atoms with Gasteiger partial charge in [0.25, 0.3) is 0 Å². The van der Waals surface area contributed by atoms with Gasteiger partial charge in [-0.3, -0.25) is 9.63 Å². The fraction of sp³-hybridized carbons (Fsp3) is 0.857. The summed E-state index contributed by atoms with van der Waals surface area (Å²) in [6, 6.07) is 0. The van der Waals surface area contributed by atoms with Gasteiger partial charge >= 0.3 is 0 Å². The summed E-state index contributed by atoms with van der Waals surface area (Å²) in [5.74, 6) is -0.0547. The number of hydrogen-bond acceptors (Lipinski definition) is 3. The minimum Gasteiger partial charge on any atom is -0.396 e. The molecule has 0 saturated carbocycles. The average molecular weight is 161 g/mol. The number of carbonyl (C=O) groups excluding carboxylic acids is 1. The number of rotatable bonds is 5. The topological polar surface area (TPSA) is 49.8 Å². The SMILES string of the molecule is CON(C)C(=O)CCCCO. The van der Waals surface area contributed by atoms with Gasteiger partial charge in [0.1, 0.15) is 0 Å². The van der Waals surface area contributed by atoms with Crippen molar-refractivity contribution in [3.05, 3.63) is 0 Å². The monoisotopic (exact) mass is 161 g/mol. The van der Waals surface area contributed by atoms with E-state index in [2.05, 4.69) is 4.84 Å². The van der Waals surface area contributed by atoms with Gasteiger partial charge in [-0.05, 0) is 12.8 Å². The Morgan fingerprint density at radius 2 is 2.18 bits per heavy atom. The Morgan fingerprint density at radius 1 is 1.55 bits per heavy atom. The maximum atomic E-state index is 11.0. The number of amides is 1. The maximum Gasteiger partial charge on any atom is 0.245 e. The molecule has 0 rings (SSSR count). The average Bonchev–Trinajstić information content (AvgIpc) is 2.03. The van der Waals surface area contributed by atoms with Crippen LogP contribution in [0.5, 0.6) is 0 Å². The molecule has 4 heteroatoms. The first-order valence-corrected chi connectivity index (χ1v) is 3.64. The first-order chi connectivity index (χ1) is 5.22. The van der Waals surface area contributed by atoms with Gasteiger partial charge < -0.3 is 5.11 Å². The Balaban J connectivity index is 3.36. The Bertz CT molecular complexity index is 116. The predicted molar refractivity (Wildman–Crippen MR) is 40.7 cm³/mol. The highest BCUT2D eigenvalue weighted by atomic mass is 16.7. The molecular formula is C7H15NO3. The van der Waals surface area contributed by atoms with Crippen LogP contribution in [0.15, 0.2) is 0 Å². The predicted octanol–water partition coefficient (Wildman–Crippen LogP) is 0.169. The van der Waals surface area contributed by atoms with Gasteiger partial charge in [-0.2, -0.15) is 0 Å². The van der Waals surface area contributed by atoms with E-state index >= 15 is 0 Å². The van der Waals surface area contributed by atoms with Crippen LogP contribution in [0, 0.1) is 0 Å². The lowest BCUT2D eigenvalue weighted by Crippen LogP contribution is -2.24. The summed E-state index contributed by atoms with van der Waals surface area (Å²) < 4.78 is 0. The van der Waals surface area contributed by atoms with Crippen LogP contribution in [0.2, 0.25) is 0 Å². The fourth-order valence-electron chi connectivity index (χ4n) is 0.647. The van der Waals surface area contributed by atoms with Crippen molar-refractivity contribution in [2.24, 2.45) is 0 Å². The molecule has 0 aromatic rings. The highest BCUT2D eigenvalue weighted by Gasteiger charge is 2.05. The van der Waals surface area contributed by atoms with E-state index in [0.717, 1.165) is 0 Å². The van der Waals surface area contributed by atoms with Gasteiger partial charge in [0, 0.05) is 20.1 Å². The quantitative estimate of drug-likeness (QED) is 0.462. The van der Waals surface area contributed by atoms with Crippen LogP contribution < -0.4 is 0 Å². The Labute approximate surface area is 66.7 Å². The van der Waals surface area contributed by atoms with Crippen LogP contribution >= 0.6 is 0 Å². The van der Waals surface area contributed by atoms with Gasteiger partial charge in [-0.15, -0.1) is 0 Å². The third kappa shape index (κ3) is 4.75. The highest BCUT2D eigenvalue weighted by Crippen LogP contribution is 1.98. The first kappa shape index (κ1) is 10.4. The summed E-state index contributed by atoms with van der Waals surface area (Å²) in [5, 5.41) is 9.61. The maximum absolute atomic E-state index is 11.0. The van der Waals surface area contributed by atoms with Crippen LogP contribution in [0.3, 0.4) is 0 Å². The van der Waals surface area contributed by atoms with Gasteiger partial charge in [-0.25, -0.2) is 5.06 Å². The molecule has 0 heterocycles. The lowest BCUT2D eigenvalue weighted by atomic mass is 10.2. The van der Waals surface area contributed by atoms with Crippen molar-refractivity contribution in [3.63, 3.8) is 0 Å². The summed E-state index contributed by atoms with van der Waals surface area (Å²) in [6.07, 6.45) is 1.82. The molecule has 0 atom stereocenters. The molecule has 4 nitrogen and oxygen atoms in total. The second-order valence-electron chi connectivity index (χ2n) is 2.25. The van der Waals surface area contributed by atoms with E-state index in [0.29, 0.717) is 19.3 Å². The van der Waals surface area contributed by atoms with Crippen LogP contribution in [0.25, 0.3) is 0 Å². The van der Waals surface area contributed by atoms with E-state index in [9.17, 15) is 4.79 Å². The molecule has 0 fully saturated rings. The molecule has 11 heavy (non-hydrogen) atoms. The van der Waals surface area contributed by atoms with Gasteiger partial charge in [0.2, 0.25) is 5.91 Å². The van der Waals surface area contributed by atoms with E-state index in [1.165, 1.54) is 12.2 Å². The molecule has 0 aromatic carbocycles. The van der Waals surface area contributed by atoms with Crippen molar-refractivity contribution in [2.75, 3.05) is 20.8 Å². The molecule has 0 aliphatic rings. The van der Waals surface area contributed by atoms with E-state index in [1.807, 2.05) is 0 Å². The van der Waals surface area contributed by atoms with Crippen LogP contribution in [-0.4, -0.2) is 36.8 Å². The third-order valence-electron chi connectivity index (χ3n) is 1.42. The molecule has 0 bridgehead atoms. The second-order valence-corrected chi connectivity index (χ2v) is 2.25. The van der Waals surface area contributed by atoms with Crippen LogP contribution in [0.4, 0.5) is 0 Å². The zero-order valence-electron chi connectivity index (χ0n) is 7.04. The molecule has 66 valence electrons. The lowest BCUT2D eigenvalue weighted by Gasteiger charge is -2.12. The molecule has 1 amide bonds.